The largest absolute Gasteiger partial charge is 0.492 e. The molecule has 3 heterocycles. The summed E-state index contributed by atoms with van der Waals surface area (Å²) < 4.78 is 35.7. The summed E-state index contributed by atoms with van der Waals surface area (Å²) in [7, 11) is 0. The Morgan fingerprint density at radius 3 is 2.48 bits per heavy atom. The Labute approximate surface area is 234 Å². The normalized spacial score (nSPS) is 22.4. The van der Waals surface area contributed by atoms with Crippen LogP contribution in [-0.2, 0) is 4.79 Å². The summed E-state index contributed by atoms with van der Waals surface area (Å²) in [6.07, 6.45) is 3.65. The van der Waals surface area contributed by atoms with Crippen molar-refractivity contribution in [3.63, 3.8) is 0 Å². The number of alkyl halides is 1. The lowest BCUT2D eigenvalue weighted by atomic mass is 9.94. The minimum Gasteiger partial charge on any atom is -0.492 e. The van der Waals surface area contributed by atoms with E-state index in [1.54, 1.807) is 24.4 Å². The number of nitrogens with two attached hydrogens (primary N) is 1. The molecule has 2 amide bonds. The first-order valence-electron chi connectivity index (χ1n) is 14.1. The smallest absolute Gasteiger partial charge is 0.257 e. The van der Waals surface area contributed by atoms with Gasteiger partial charge >= 0.3 is 0 Å². The zero-order valence-electron chi connectivity index (χ0n) is 23.5. The third kappa shape index (κ3) is 6.44. The predicted octanol–water partition coefficient (Wildman–Crippen LogP) is 3.96. The average Bonchev–Trinajstić information content (AvgIpc) is 3.27. The molecule has 10 heteroatoms. The Morgan fingerprint density at radius 1 is 1.20 bits per heavy atom. The minimum atomic E-state index is -1.39. The number of carbonyl (C=O) groups is 2. The Balaban J connectivity index is 1.33. The van der Waals surface area contributed by atoms with Crippen molar-refractivity contribution in [3.05, 3.63) is 47.9 Å². The summed E-state index contributed by atoms with van der Waals surface area (Å²) in [6, 6.07) is 7.67. The number of piperidine rings is 1. The van der Waals surface area contributed by atoms with Gasteiger partial charge in [0.2, 0.25) is 5.91 Å². The maximum atomic E-state index is 15.1. The van der Waals surface area contributed by atoms with E-state index >= 15 is 4.39 Å². The van der Waals surface area contributed by atoms with Crippen molar-refractivity contribution in [2.24, 2.45) is 11.7 Å². The van der Waals surface area contributed by atoms with Crippen molar-refractivity contribution in [1.29, 1.82) is 0 Å². The lowest BCUT2D eigenvalue weighted by Crippen LogP contribution is -2.54. The number of primary amides is 1. The average molecular weight is 559 g/mol. The summed E-state index contributed by atoms with van der Waals surface area (Å²) in [5.41, 5.74) is 3.76. The molecular weight excluding hydrogens is 518 g/mol. The number of hydrogen-bond donors (Lipinski definition) is 2. The number of halogens is 2. The molecule has 2 aliphatic heterocycles. The molecule has 8 nitrogen and oxygen atoms in total. The van der Waals surface area contributed by atoms with Crippen molar-refractivity contribution >= 4 is 11.8 Å². The van der Waals surface area contributed by atoms with Crippen LogP contribution in [0.15, 0.2) is 36.5 Å². The van der Waals surface area contributed by atoms with E-state index in [0.717, 1.165) is 30.8 Å². The molecule has 218 valence electrons. The molecule has 1 aromatic carbocycles. The van der Waals surface area contributed by atoms with Crippen LogP contribution in [-0.4, -0.2) is 81.8 Å². The van der Waals surface area contributed by atoms with Crippen LogP contribution in [0.3, 0.4) is 0 Å². The van der Waals surface area contributed by atoms with Crippen molar-refractivity contribution in [3.8, 4) is 17.0 Å². The number of aliphatic hydroxyl groups is 1. The summed E-state index contributed by atoms with van der Waals surface area (Å²) in [4.78, 5) is 32.8. The Kier molecular flexibility index (Phi) is 9.09. The van der Waals surface area contributed by atoms with Gasteiger partial charge in [0.25, 0.3) is 5.91 Å². The quantitative estimate of drug-likeness (QED) is 0.457. The highest BCUT2D eigenvalue weighted by Gasteiger charge is 2.49. The van der Waals surface area contributed by atoms with Gasteiger partial charge < -0.3 is 25.4 Å². The van der Waals surface area contributed by atoms with Crippen LogP contribution in [0.25, 0.3) is 11.3 Å². The van der Waals surface area contributed by atoms with Crippen LogP contribution in [0, 0.1) is 11.7 Å². The van der Waals surface area contributed by atoms with Gasteiger partial charge in [-0.2, -0.15) is 0 Å². The summed E-state index contributed by atoms with van der Waals surface area (Å²) in [6.45, 7) is 7.95. The van der Waals surface area contributed by atoms with Crippen LogP contribution < -0.4 is 10.5 Å². The van der Waals surface area contributed by atoms with Crippen LogP contribution in [0.2, 0.25) is 0 Å². The fourth-order valence-electron chi connectivity index (χ4n) is 5.62. The molecule has 4 rings (SSSR count). The molecule has 40 heavy (non-hydrogen) atoms. The number of amides is 2. The van der Waals surface area contributed by atoms with Gasteiger partial charge in [-0.25, -0.2) is 8.78 Å². The van der Waals surface area contributed by atoms with E-state index in [-0.39, 0.29) is 18.5 Å². The summed E-state index contributed by atoms with van der Waals surface area (Å²) >= 11 is 0. The van der Waals surface area contributed by atoms with E-state index < -0.39 is 34.9 Å². The molecule has 0 unspecified atom stereocenters. The molecule has 3 N–H and O–H groups in total. The van der Waals surface area contributed by atoms with Crippen molar-refractivity contribution in [2.45, 2.75) is 70.2 Å². The van der Waals surface area contributed by atoms with E-state index in [9.17, 15) is 19.1 Å². The summed E-state index contributed by atoms with van der Waals surface area (Å²) in [5.74, 6) is -1.22. The molecule has 0 bridgehead atoms. The number of rotatable bonds is 10. The van der Waals surface area contributed by atoms with Gasteiger partial charge in [0.05, 0.1) is 30.2 Å². The van der Waals surface area contributed by atoms with E-state index in [4.69, 9.17) is 10.5 Å². The number of aliphatic hydroxyl groups excluding tert-OH is 1. The van der Waals surface area contributed by atoms with Gasteiger partial charge in [0.1, 0.15) is 22.8 Å². The van der Waals surface area contributed by atoms with Gasteiger partial charge in [0, 0.05) is 25.1 Å². The number of benzene rings is 1. The van der Waals surface area contributed by atoms with Crippen LogP contribution in [0.4, 0.5) is 8.78 Å². The number of nitrogens with zero attached hydrogens (tertiary/aromatic N) is 3. The monoisotopic (exact) mass is 558 g/mol. The lowest BCUT2D eigenvalue weighted by Gasteiger charge is -2.36. The number of aromatic nitrogens is 1. The zero-order chi connectivity index (χ0) is 29.1. The molecule has 0 saturated carbocycles. The second-order valence-corrected chi connectivity index (χ2v) is 11.4. The highest BCUT2D eigenvalue weighted by Crippen LogP contribution is 2.32. The van der Waals surface area contributed by atoms with Crippen LogP contribution in [0.1, 0.15) is 63.2 Å². The Morgan fingerprint density at radius 2 is 1.90 bits per heavy atom. The van der Waals surface area contributed by atoms with Gasteiger partial charge in [0.15, 0.2) is 0 Å². The molecular formula is C30H40F2N4O4. The second-order valence-electron chi connectivity index (χ2n) is 11.4. The molecule has 2 saturated heterocycles. The van der Waals surface area contributed by atoms with E-state index in [1.807, 2.05) is 13.8 Å². The molecule has 1 aromatic heterocycles. The van der Waals surface area contributed by atoms with E-state index in [0.29, 0.717) is 48.9 Å². The third-order valence-corrected chi connectivity index (χ3v) is 8.60. The number of pyridine rings is 1. The first-order chi connectivity index (χ1) is 19.0. The molecule has 0 radical (unpaired) electrons. The first-order valence-corrected chi connectivity index (χ1v) is 14.1. The van der Waals surface area contributed by atoms with Gasteiger partial charge in [-0.05, 0) is 75.9 Å². The van der Waals surface area contributed by atoms with E-state index in [1.165, 1.54) is 19.1 Å². The number of hydrogen-bond acceptors (Lipinski definition) is 6. The molecule has 2 aromatic rings. The maximum absolute atomic E-state index is 15.1. The Hall–Kier alpha value is -3.11. The van der Waals surface area contributed by atoms with Gasteiger partial charge in [-0.1, -0.05) is 19.9 Å². The second kappa shape index (κ2) is 12.2. The molecule has 2 aliphatic rings. The first kappa shape index (κ1) is 29.9. The number of β-amino-alcohol motifs (C(OH)–C–C–N with tert-alkyl or cyclic N) is 1. The SMILES string of the molecule is CCC(F)(CC)CN1CCC(COc2ccc(-c3ccc(C(=O)N4C[C@H](O)C[C@@]4(C)C(N)=O)c(F)c3)nc2)CC1. The molecule has 2 atom stereocenters. The van der Waals surface area contributed by atoms with Gasteiger partial charge in [-0.3, -0.25) is 14.6 Å². The molecule has 2 fully saturated rings. The molecule has 0 aliphatic carbocycles. The molecule has 0 spiro atoms. The fraction of sp³-hybridized carbons (Fsp3) is 0.567. The van der Waals surface area contributed by atoms with Gasteiger partial charge in [-0.15, -0.1) is 0 Å². The van der Waals surface area contributed by atoms with Crippen LogP contribution in [0.5, 0.6) is 5.75 Å². The Bertz CT molecular complexity index is 1200. The number of ether oxygens (including phenoxy) is 1. The highest BCUT2D eigenvalue weighted by atomic mass is 19.1. The zero-order valence-corrected chi connectivity index (χ0v) is 23.5. The van der Waals surface area contributed by atoms with Crippen molar-refractivity contribution in [2.75, 3.05) is 32.8 Å². The highest BCUT2D eigenvalue weighted by molar-refractivity contribution is 5.99. The third-order valence-electron chi connectivity index (χ3n) is 8.60. The van der Waals surface area contributed by atoms with Crippen molar-refractivity contribution < 1.29 is 28.2 Å². The fourth-order valence-corrected chi connectivity index (χ4v) is 5.62. The number of carbonyl (C=O) groups excluding carboxylic acids is 2. The van der Waals surface area contributed by atoms with Crippen LogP contribution >= 0.6 is 0 Å². The summed E-state index contributed by atoms with van der Waals surface area (Å²) in [5, 5.41) is 10.0. The maximum Gasteiger partial charge on any atom is 0.257 e. The minimum absolute atomic E-state index is 0.00297. The van der Waals surface area contributed by atoms with Crippen molar-refractivity contribution in [1.82, 2.24) is 14.8 Å². The van der Waals surface area contributed by atoms with E-state index in [2.05, 4.69) is 9.88 Å². The standard InChI is InChI=1S/C30H40F2N4O4/c1-4-30(32,5-2)19-35-12-10-20(11-13-35)18-40-23-7-9-26(34-16-23)21-6-8-24(25(31)14-21)27(38)36-17-22(37)15-29(36,3)28(33)39/h6-9,14,16,20,22,37H,4-5,10-13,15,17-19H2,1-3H3,(H2,33,39)/t22-,29+/m1/s1. The lowest BCUT2D eigenvalue weighted by molar-refractivity contribution is -0.126. The predicted molar refractivity (Wildman–Crippen MR) is 148 cm³/mol. The number of likely N-dealkylation sites (tertiary alicyclic amines) is 2. The topological polar surface area (TPSA) is 109 Å².